The molecule has 0 aliphatic carbocycles. The summed E-state index contributed by atoms with van der Waals surface area (Å²) in [7, 11) is -4.10. The van der Waals surface area contributed by atoms with Gasteiger partial charge in [-0.1, -0.05) is 25.4 Å². The van der Waals surface area contributed by atoms with E-state index in [1.807, 2.05) is 13.8 Å². The number of hydrogen-bond acceptors (Lipinski definition) is 4. The summed E-state index contributed by atoms with van der Waals surface area (Å²) in [5, 5.41) is 9.08. The Kier molecular flexibility index (Phi) is 5.98. The first-order chi connectivity index (χ1) is 9.71. The van der Waals surface area contributed by atoms with Crippen LogP contribution < -0.4 is 10.5 Å². The van der Waals surface area contributed by atoms with Gasteiger partial charge in [0.05, 0.1) is 5.02 Å². The van der Waals surface area contributed by atoms with Gasteiger partial charge in [0.1, 0.15) is 4.90 Å². The summed E-state index contributed by atoms with van der Waals surface area (Å²) in [5.41, 5.74) is 4.98. The molecule has 0 saturated heterocycles. The van der Waals surface area contributed by atoms with Crippen molar-refractivity contribution < 1.29 is 17.9 Å². The van der Waals surface area contributed by atoms with Crippen LogP contribution >= 0.6 is 11.6 Å². The van der Waals surface area contributed by atoms with Crippen molar-refractivity contribution in [1.82, 2.24) is 4.72 Å². The van der Waals surface area contributed by atoms with Gasteiger partial charge in [0, 0.05) is 24.3 Å². The zero-order chi connectivity index (χ0) is 16.3. The number of anilines is 1. The highest BCUT2D eigenvalue weighted by Gasteiger charge is 2.29. The lowest BCUT2D eigenvalue weighted by molar-refractivity contribution is 0.119. The van der Waals surface area contributed by atoms with Crippen LogP contribution in [0, 0.1) is 11.2 Å². The van der Waals surface area contributed by atoms with E-state index in [-0.39, 0.29) is 23.9 Å². The minimum absolute atomic E-state index is 0.00465. The van der Waals surface area contributed by atoms with Crippen LogP contribution in [0.4, 0.5) is 10.1 Å². The van der Waals surface area contributed by atoms with Crippen molar-refractivity contribution in [2.24, 2.45) is 5.41 Å². The average Bonchev–Trinajstić information content (AvgIpc) is 2.45. The van der Waals surface area contributed by atoms with E-state index in [0.29, 0.717) is 12.8 Å². The van der Waals surface area contributed by atoms with Gasteiger partial charge in [-0.25, -0.2) is 17.5 Å². The lowest BCUT2D eigenvalue weighted by atomic mass is 9.84. The Morgan fingerprint density at radius 3 is 2.43 bits per heavy atom. The van der Waals surface area contributed by atoms with E-state index in [2.05, 4.69) is 4.72 Å². The van der Waals surface area contributed by atoms with Crippen molar-refractivity contribution in [3.63, 3.8) is 0 Å². The normalized spacial score (nSPS) is 12.6. The summed E-state index contributed by atoms with van der Waals surface area (Å²) < 4.78 is 40.6. The minimum Gasteiger partial charge on any atom is -0.399 e. The summed E-state index contributed by atoms with van der Waals surface area (Å²) in [6, 6.07) is 2.16. The maximum atomic E-state index is 13.9. The van der Waals surface area contributed by atoms with E-state index in [1.54, 1.807) is 0 Å². The molecule has 4 N–H and O–H groups in total. The monoisotopic (exact) mass is 338 g/mol. The number of nitrogens with one attached hydrogen (secondary N) is 1. The standard InChI is InChI=1S/C13H20ClFN2O3S/c1-3-13(4-2,8-18)7-17-21(19,20)11-6-9(16)5-10(14)12(11)15/h5-6,17-18H,3-4,7-8,16H2,1-2H3. The quantitative estimate of drug-likeness (QED) is 0.664. The van der Waals surface area contributed by atoms with E-state index in [0.717, 1.165) is 12.1 Å². The molecule has 120 valence electrons. The maximum absolute atomic E-state index is 13.9. The highest BCUT2D eigenvalue weighted by molar-refractivity contribution is 7.89. The van der Waals surface area contributed by atoms with Gasteiger partial charge in [0.25, 0.3) is 0 Å². The molecule has 21 heavy (non-hydrogen) atoms. The van der Waals surface area contributed by atoms with E-state index >= 15 is 0 Å². The fourth-order valence-corrected chi connectivity index (χ4v) is 3.46. The van der Waals surface area contributed by atoms with Crippen LogP contribution in [-0.2, 0) is 10.0 Å². The molecular formula is C13H20ClFN2O3S. The molecule has 1 aromatic carbocycles. The largest absolute Gasteiger partial charge is 0.399 e. The second-order valence-electron chi connectivity index (χ2n) is 5.00. The molecule has 0 aliphatic rings. The molecule has 5 nitrogen and oxygen atoms in total. The number of aliphatic hydroxyl groups is 1. The van der Waals surface area contributed by atoms with Gasteiger partial charge < -0.3 is 10.8 Å². The van der Waals surface area contributed by atoms with Crippen LogP contribution in [0.25, 0.3) is 0 Å². The molecule has 0 saturated carbocycles. The molecule has 0 unspecified atom stereocenters. The van der Waals surface area contributed by atoms with Crippen LogP contribution in [0.3, 0.4) is 0 Å². The van der Waals surface area contributed by atoms with Crippen molar-refractivity contribution in [2.45, 2.75) is 31.6 Å². The summed E-state index contributed by atoms with van der Waals surface area (Å²) in [4.78, 5) is -0.591. The van der Waals surface area contributed by atoms with Crippen molar-refractivity contribution in [2.75, 3.05) is 18.9 Å². The molecule has 0 amide bonds. The smallest absolute Gasteiger partial charge is 0.243 e. The lowest BCUT2D eigenvalue weighted by Gasteiger charge is -2.29. The number of halogens is 2. The topological polar surface area (TPSA) is 92.4 Å². The zero-order valence-corrected chi connectivity index (χ0v) is 13.6. The van der Waals surface area contributed by atoms with E-state index in [4.69, 9.17) is 17.3 Å². The Morgan fingerprint density at radius 1 is 1.38 bits per heavy atom. The molecular weight excluding hydrogens is 319 g/mol. The van der Waals surface area contributed by atoms with Gasteiger partial charge in [-0.15, -0.1) is 0 Å². The molecule has 0 atom stereocenters. The van der Waals surface area contributed by atoms with Gasteiger partial charge >= 0.3 is 0 Å². The predicted octanol–water partition coefficient (Wildman–Crippen LogP) is 2.14. The highest BCUT2D eigenvalue weighted by atomic mass is 35.5. The Labute approximate surface area is 129 Å². The van der Waals surface area contributed by atoms with Crippen LogP contribution in [0.1, 0.15) is 26.7 Å². The summed E-state index contributed by atoms with van der Waals surface area (Å²) in [6.07, 6.45) is 1.17. The molecule has 1 aromatic rings. The number of benzene rings is 1. The first kappa shape index (κ1) is 18.2. The van der Waals surface area contributed by atoms with Gasteiger partial charge in [-0.05, 0) is 25.0 Å². The van der Waals surface area contributed by atoms with Crippen LogP contribution in [0.2, 0.25) is 5.02 Å². The number of rotatable bonds is 7. The van der Waals surface area contributed by atoms with Gasteiger partial charge in [0.2, 0.25) is 10.0 Å². The molecule has 0 aliphatic heterocycles. The Bertz CT molecular complexity index is 595. The van der Waals surface area contributed by atoms with Crippen molar-refractivity contribution in [3.8, 4) is 0 Å². The number of sulfonamides is 1. The molecule has 0 radical (unpaired) electrons. The third kappa shape index (κ3) is 4.06. The second-order valence-corrected chi connectivity index (χ2v) is 7.15. The highest BCUT2D eigenvalue weighted by Crippen LogP contribution is 2.28. The Morgan fingerprint density at radius 2 is 1.95 bits per heavy atom. The van der Waals surface area contributed by atoms with Gasteiger partial charge in [0.15, 0.2) is 5.82 Å². The SMILES string of the molecule is CCC(CC)(CO)CNS(=O)(=O)c1cc(N)cc(Cl)c1F. The Hall–Kier alpha value is -0.890. The van der Waals surface area contributed by atoms with Crippen LogP contribution in [-0.4, -0.2) is 26.7 Å². The summed E-state index contributed by atoms with van der Waals surface area (Å²) in [5.74, 6) is -1.04. The zero-order valence-electron chi connectivity index (χ0n) is 12.0. The first-order valence-electron chi connectivity index (χ1n) is 6.56. The van der Waals surface area contributed by atoms with Crippen LogP contribution in [0.15, 0.2) is 17.0 Å². The molecule has 1 rings (SSSR count). The third-order valence-electron chi connectivity index (χ3n) is 3.78. The number of hydrogen-bond donors (Lipinski definition) is 3. The van der Waals surface area contributed by atoms with Crippen LogP contribution in [0.5, 0.6) is 0 Å². The first-order valence-corrected chi connectivity index (χ1v) is 8.42. The average molecular weight is 339 g/mol. The van der Waals surface area contributed by atoms with Gasteiger partial charge in [-0.2, -0.15) is 0 Å². The summed E-state index contributed by atoms with van der Waals surface area (Å²) >= 11 is 5.61. The van der Waals surface area contributed by atoms with Crippen molar-refractivity contribution in [3.05, 3.63) is 23.0 Å². The Balaban J connectivity index is 3.08. The van der Waals surface area contributed by atoms with E-state index in [1.165, 1.54) is 0 Å². The molecule has 8 heteroatoms. The van der Waals surface area contributed by atoms with E-state index < -0.39 is 26.2 Å². The molecule has 0 spiro atoms. The second kappa shape index (κ2) is 6.91. The maximum Gasteiger partial charge on any atom is 0.243 e. The minimum atomic E-state index is -4.10. The summed E-state index contributed by atoms with van der Waals surface area (Å²) in [6.45, 7) is 3.55. The molecule has 0 aromatic heterocycles. The molecule has 0 heterocycles. The van der Waals surface area contributed by atoms with Gasteiger partial charge in [-0.3, -0.25) is 0 Å². The fourth-order valence-electron chi connectivity index (χ4n) is 1.88. The van der Waals surface area contributed by atoms with E-state index in [9.17, 15) is 17.9 Å². The van der Waals surface area contributed by atoms with Crippen molar-refractivity contribution >= 4 is 27.3 Å². The molecule has 0 fully saturated rings. The fraction of sp³-hybridized carbons (Fsp3) is 0.538. The number of nitrogen functional groups attached to an aromatic ring is 1. The number of nitrogens with two attached hydrogens (primary N) is 1. The van der Waals surface area contributed by atoms with Crippen molar-refractivity contribution in [1.29, 1.82) is 0 Å². The third-order valence-corrected chi connectivity index (χ3v) is 5.45. The molecule has 0 bridgehead atoms. The predicted molar refractivity (Wildman–Crippen MR) is 81.1 cm³/mol. The lowest BCUT2D eigenvalue weighted by Crippen LogP contribution is -2.39. The number of aliphatic hydroxyl groups excluding tert-OH is 1.